The zero-order valence-corrected chi connectivity index (χ0v) is 13.6. The summed E-state index contributed by atoms with van der Waals surface area (Å²) in [6, 6.07) is -0.0794. The lowest BCUT2D eigenvalue weighted by Crippen LogP contribution is -2.23. The first-order valence-electron chi connectivity index (χ1n) is 7.00. The molecule has 0 aliphatic carbocycles. The van der Waals surface area contributed by atoms with Crippen LogP contribution in [-0.2, 0) is 19.0 Å². The highest BCUT2D eigenvalue weighted by atomic mass is 35.5. The van der Waals surface area contributed by atoms with Crippen LogP contribution in [-0.4, -0.2) is 20.8 Å². The minimum absolute atomic E-state index is 0.0299. The van der Waals surface area contributed by atoms with Gasteiger partial charge in [0, 0.05) is 11.8 Å². The summed E-state index contributed by atoms with van der Waals surface area (Å²) in [6.07, 6.45) is -3.01. The van der Waals surface area contributed by atoms with E-state index in [1.165, 1.54) is 0 Å². The summed E-state index contributed by atoms with van der Waals surface area (Å²) < 4.78 is 44.3. The lowest BCUT2D eigenvalue weighted by atomic mass is 10.1. The molecule has 24 heavy (non-hydrogen) atoms. The molecule has 2 heterocycles. The van der Waals surface area contributed by atoms with Crippen molar-refractivity contribution in [3.05, 3.63) is 34.1 Å². The van der Waals surface area contributed by atoms with Gasteiger partial charge in [-0.2, -0.15) is 17.9 Å². The molecule has 2 aromatic rings. The smallest absolute Gasteiger partial charge is 0.417 e. The van der Waals surface area contributed by atoms with E-state index < -0.39 is 17.8 Å². The highest BCUT2D eigenvalue weighted by Gasteiger charge is 2.32. The molecule has 0 bridgehead atoms. The average Bonchev–Trinajstić information content (AvgIpc) is 2.85. The predicted octanol–water partition coefficient (Wildman–Crippen LogP) is 3.79. The third-order valence-electron chi connectivity index (χ3n) is 3.28. The van der Waals surface area contributed by atoms with Gasteiger partial charge < -0.3 is 10.5 Å². The number of hydrogen-bond acceptors (Lipinski definition) is 4. The Balaban J connectivity index is 2.43. The number of halogens is 4. The van der Waals surface area contributed by atoms with Crippen molar-refractivity contribution in [1.82, 2.24) is 14.8 Å². The molecule has 2 aromatic heterocycles. The molecule has 10 heteroatoms. The van der Waals surface area contributed by atoms with Crippen LogP contribution < -0.4 is 10.5 Å². The van der Waals surface area contributed by atoms with Crippen LogP contribution in [0.3, 0.4) is 0 Å². The Hall–Kier alpha value is -2.29. The summed E-state index contributed by atoms with van der Waals surface area (Å²) in [7, 11) is 0. The SMILES string of the molecule is CCc1c(Oc2ncc(C(F)(F)F)cc2Cl)nn(C(N)=O)c1CC. The number of ether oxygens (including phenoxy) is 1. The maximum absolute atomic E-state index is 12.6. The van der Waals surface area contributed by atoms with E-state index in [1.54, 1.807) is 0 Å². The van der Waals surface area contributed by atoms with Crippen LogP contribution in [0, 0.1) is 0 Å². The highest BCUT2D eigenvalue weighted by molar-refractivity contribution is 6.31. The second-order valence-electron chi connectivity index (χ2n) is 4.80. The van der Waals surface area contributed by atoms with E-state index in [1.807, 2.05) is 13.8 Å². The van der Waals surface area contributed by atoms with Gasteiger partial charge in [-0.3, -0.25) is 0 Å². The number of primary amides is 1. The van der Waals surface area contributed by atoms with Crippen molar-refractivity contribution in [2.24, 2.45) is 5.73 Å². The number of carbonyl (C=O) groups is 1. The number of amides is 1. The van der Waals surface area contributed by atoms with Crippen molar-refractivity contribution in [3.8, 4) is 11.8 Å². The minimum atomic E-state index is -4.56. The number of carbonyl (C=O) groups excluding carboxylic acids is 1. The van der Waals surface area contributed by atoms with Gasteiger partial charge in [-0.05, 0) is 18.9 Å². The predicted molar refractivity (Wildman–Crippen MR) is 80.3 cm³/mol. The Morgan fingerprint density at radius 3 is 2.46 bits per heavy atom. The van der Waals surface area contributed by atoms with Crippen LogP contribution in [0.25, 0.3) is 0 Å². The van der Waals surface area contributed by atoms with E-state index in [9.17, 15) is 18.0 Å². The normalized spacial score (nSPS) is 11.6. The Labute approximate surface area is 140 Å². The Kier molecular flexibility index (Phi) is 5.02. The van der Waals surface area contributed by atoms with Crippen LogP contribution in [0.1, 0.15) is 30.7 Å². The van der Waals surface area contributed by atoms with Gasteiger partial charge in [0.25, 0.3) is 0 Å². The van der Waals surface area contributed by atoms with Gasteiger partial charge in [0.2, 0.25) is 11.8 Å². The third-order valence-corrected chi connectivity index (χ3v) is 3.55. The van der Waals surface area contributed by atoms with E-state index in [0.717, 1.165) is 4.68 Å². The number of pyridine rings is 1. The van der Waals surface area contributed by atoms with E-state index in [4.69, 9.17) is 22.1 Å². The molecular formula is C14H14ClF3N4O2. The summed E-state index contributed by atoms with van der Waals surface area (Å²) in [4.78, 5) is 15.0. The van der Waals surface area contributed by atoms with Gasteiger partial charge in [-0.15, -0.1) is 5.10 Å². The van der Waals surface area contributed by atoms with Crippen LogP contribution in [0.15, 0.2) is 12.3 Å². The van der Waals surface area contributed by atoms with Crippen molar-refractivity contribution in [1.29, 1.82) is 0 Å². The molecule has 0 aliphatic rings. The van der Waals surface area contributed by atoms with Gasteiger partial charge in [0.15, 0.2) is 0 Å². The minimum Gasteiger partial charge on any atom is -0.417 e. The molecule has 0 unspecified atom stereocenters. The summed E-state index contributed by atoms with van der Waals surface area (Å²) in [5, 5.41) is 3.64. The van der Waals surface area contributed by atoms with E-state index in [0.29, 0.717) is 36.4 Å². The fourth-order valence-electron chi connectivity index (χ4n) is 2.19. The molecule has 1 amide bonds. The Bertz CT molecular complexity index is 774. The van der Waals surface area contributed by atoms with E-state index in [2.05, 4.69) is 10.1 Å². The lowest BCUT2D eigenvalue weighted by molar-refractivity contribution is -0.137. The van der Waals surface area contributed by atoms with Gasteiger partial charge in [0.1, 0.15) is 5.02 Å². The number of nitrogens with two attached hydrogens (primary N) is 1. The van der Waals surface area contributed by atoms with Crippen molar-refractivity contribution >= 4 is 17.6 Å². The fraction of sp³-hybridized carbons (Fsp3) is 0.357. The molecular weight excluding hydrogens is 349 g/mol. The van der Waals surface area contributed by atoms with Gasteiger partial charge in [-0.1, -0.05) is 25.4 Å². The fourth-order valence-corrected chi connectivity index (χ4v) is 2.40. The maximum Gasteiger partial charge on any atom is 0.417 e. The van der Waals surface area contributed by atoms with Crippen molar-refractivity contribution in [2.75, 3.05) is 0 Å². The molecule has 2 rings (SSSR count). The van der Waals surface area contributed by atoms with Crippen molar-refractivity contribution in [3.63, 3.8) is 0 Å². The van der Waals surface area contributed by atoms with E-state index in [-0.39, 0.29) is 16.8 Å². The number of hydrogen-bond donors (Lipinski definition) is 1. The number of nitrogens with zero attached hydrogens (tertiary/aromatic N) is 3. The summed E-state index contributed by atoms with van der Waals surface area (Å²) in [6.45, 7) is 3.62. The first-order valence-corrected chi connectivity index (χ1v) is 7.37. The largest absolute Gasteiger partial charge is 0.417 e. The molecule has 0 saturated carbocycles. The molecule has 6 nitrogen and oxygen atoms in total. The molecule has 0 saturated heterocycles. The monoisotopic (exact) mass is 362 g/mol. The molecule has 0 aliphatic heterocycles. The van der Waals surface area contributed by atoms with E-state index >= 15 is 0 Å². The summed E-state index contributed by atoms with van der Waals surface area (Å²) in [5.41, 5.74) is 5.43. The molecule has 0 fully saturated rings. The van der Waals surface area contributed by atoms with Gasteiger partial charge >= 0.3 is 12.2 Å². The standard InChI is InChI=1S/C14H14ClF3N4O2/c1-3-8-10(4-2)22(13(19)23)21-11(8)24-12-9(15)5-7(6-20-12)14(16,17)18/h5-6H,3-4H2,1-2H3,(H2,19,23). The van der Waals surface area contributed by atoms with Crippen LogP contribution >= 0.6 is 11.6 Å². The highest BCUT2D eigenvalue weighted by Crippen LogP contribution is 2.35. The second-order valence-corrected chi connectivity index (χ2v) is 5.21. The molecule has 0 spiro atoms. The maximum atomic E-state index is 12.6. The molecule has 0 aromatic carbocycles. The number of alkyl halides is 3. The number of aromatic nitrogens is 3. The van der Waals surface area contributed by atoms with Gasteiger partial charge in [0.05, 0.1) is 11.3 Å². The molecule has 130 valence electrons. The second kappa shape index (κ2) is 6.68. The van der Waals surface area contributed by atoms with Crippen LogP contribution in [0.2, 0.25) is 5.02 Å². The van der Waals surface area contributed by atoms with Crippen LogP contribution in [0.4, 0.5) is 18.0 Å². The topological polar surface area (TPSA) is 83.0 Å². The molecule has 0 atom stereocenters. The zero-order valence-electron chi connectivity index (χ0n) is 12.8. The Morgan fingerprint density at radius 1 is 1.33 bits per heavy atom. The molecule has 0 radical (unpaired) electrons. The third kappa shape index (κ3) is 3.45. The van der Waals surface area contributed by atoms with Crippen LogP contribution in [0.5, 0.6) is 11.8 Å². The number of rotatable bonds is 4. The average molecular weight is 363 g/mol. The Morgan fingerprint density at radius 2 is 2.00 bits per heavy atom. The quantitative estimate of drug-likeness (QED) is 0.896. The van der Waals surface area contributed by atoms with Gasteiger partial charge in [-0.25, -0.2) is 9.78 Å². The van der Waals surface area contributed by atoms with Crippen molar-refractivity contribution in [2.45, 2.75) is 32.9 Å². The first-order chi connectivity index (χ1) is 11.2. The lowest BCUT2D eigenvalue weighted by Gasteiger charge is -2.09. The zero-order chi connectivity index (χ0) is 18.1. The summed E-state index contributed by atoms with van der Waals surface area (Å²) >= 11 is 5.81. The van der Waals surface area contributed by atoms with Crippen molar-refractivity contribution < 1.29 is 22.7 Å². The summed E-state index contributed by atoms with van der Waals surface area (Å²) in [5.74, 6) is -0.210. The molecule has 2 N–H and O–H groups in total. The first kappa shape index (κ1) is 18.1.